The number of anilines is 1. The summed E-state index contributed by atoms with van der Waals surface area (Å²) in [5.41, 5.74) is 2.23. The predicted octanol–water partition coefficient (Wildman–Crippen LogP) is 2.94. The van der Waals surface area contributed by atoms with E-state index in [4.69, 9.17) is 4.74 Å². The van der Waals surface area contributed by atoms with Gasteiger partial charge in [-0.15, -0.1) is 0 Å². The molecule has 3 rings (SSSR count). The van der Waals surface area contributed by atoms with Crippen LogP contribution in [0.3, 0.4) is 0 Å². The van der Waals surface area contributed by atoms with Crippen LogP contribution < -0.4 is 15.0 Å². The summed E-state index contributed by atoms with van der Waals surface area (Å²) < 4.78 is 7.56. The molecule has 2 amide bonds. The number of nitrogens with zero attached hydrogens (tertiary/aromatic N) is 3. The lowest BCUT2D eigenvalue weighted by molar-refractivity contribution is 0.203. The number of urea groups is 1. The van der Waals surface area contributed by atoms with Crippen molar-refractivity contribution in [3.05, 3.63) is 48.3 Å². The fourth-order valence-electron chi connectivity index (χ4n) is 3.40. The standard InChI is InChI=1S/C20H28N4O2/c1-4-23-11-9-16(14-23)13-22(2)20(25)21-17-10-12-24(15-17)18-7-5-6-8-19(18)26-3/h5-9,11,14,17H,4,10,12-13,15H2,1-3H3,(H,21,25)/t17-/m0/s1. The van der Waals surface area contributed by atoms with Crippen molar-refractivity contribution in [2.45, 2.75) is 32.5 Å². The molecule has 1 aliphatic rings. The second-order valence-electron chi connectivity index (χ2n) is 6.76. The van der Waals surface area contributed by atoms with Gasteiger partial charge in [-0.3, -0.25) is 0 Å². The van der Waals surface area contributed by atoms with E-state index in [0.29, 0.717) is 6.54 Å². The predicted molar refractivity (Wildman–Crippen MR) is 104 cm³/mol. The number of amides is 2. The number of methoxy groups -OCH3 is 1. The molecule has 140 valence electrons. The van der Waals surface area contributed by atoms with Crippen LogP contribution in [0.1, 0.15) is 18.9 Å². The zero-order chi connectivity index (χ0) is 18.5. The number of hydrogen-bond donors (Lipinski definition) is 1. The Morgan fingerprint density at radius 3 is 2.88 bits per heavy atom. The number of carbonyl (C=O) groups excluding carboxylic acids is 1. The van der Waals surface area contributed by atoms with Gasteiger partial charge >= 0.3 is 6.03 Å². The number of rotatable bonds is 6. The first kappa shape index (κ1) is 18.2. The van der Waals surface area contributed by atoms with Crippen LogP contribution in [0.4, 0.5) is 10.5 Å². The molecule has 0 aliphatic carbocycles. The number of hydrogen-bond acceptors (Lipinski definition) is 3. The minimum Gasteiger partial charge on any atom is -0.495 e. The first-order valence-corrected chi connectivity index (χ1v) is 9.15. The largest absolute Gasteiger partial charge is 0.495 e. The van der Waals surface area contributed by atoms with Crippen molar-refractivity contribution in [1.29, 1.82) is 0 Å². The number of carbonyl (C=O) groups is 1. The highest BCUT2D eigenvalue weighted by atomic mass is 16.5. The molecule has 0 spiro atoms. The molecule has 1 N–H and O–H groups in total. The Morgan fingerprint density at radius 1 is 1.35 bits per heavy atom. The van der Waals surface area contributed by atoms with Gasteiger partial charge in [0.25, 0.3) is 0 Å². The van der Waals surface area contributed by atoms with Gasteiger partial charge in [0, 0.05) is 51.7 Å². The maximum Gasteiger partial charge on any atom is 0.317 e. The van der Waals surface area contributed by atoms with E-state index in [0.717, 1.165) is 43.1 Å². The third kappa shape index (κ3) is 4.12. The van der Waals surface area contributed by atoms with Gasteiger partial charge in [0.05, 0.1) is 12.8 Å². The van der Waals surface area contributed by atoms with Crippen molar-refractivity contribution in [1.82, 2.24) is 14.8 Å². The van der Waals surface area contributed by atoms with E-state index in [1.165, 1.54) is 0 Å². The summed E-state index contributed by atoms with van der Waals surface area (Å²) in [7, 11) is 3.53. The van der Waals surface area contributed by atoms with Crippen molar-refractivity contribution in [2.24, 2.45) is 0 Å². The number of benzene rings is 1. The zero-order valence-electron chi connectivity index (χ0n) is 15.8. The highest BCUT2D eigenvalue weighted by Gasteiger charge is 2.26. The van der Waals surface area contributed by atoms with E-state index in [2.05, 4.69) is 40.0 Å². The minimum atomic E-state index is -0.0267. The smallest absolute Gasteiger partial charge is 0.317 e. The Labute approximate surface area is 155 Å². The van der Waals surface area contributed by atoms with Gasteiger partial charge in [0.15, 0.2) is 0 Å². The van der Waals surface area contributed by atoms with Crippen molar-refractivity contribution in [3.63, 3.8) is 0 Å². The van der Waals surface area contributed by atoms with Gasteiger partial charge < -0.3 is 24.4 Å². The maximum absolute atomic E-state index is 12.5. The molecule has 6 nitrogen and oxygen atoms in total. The molecule has 0 radical (unpaired) electrons. The number of nitrogens with one attached hydrogen (secondary N) is 1. The van der Waals surface area contributed by atoms with E-state index in [9.17, 15) is 4.79 Å². The molecule has 0 saturated carbocycles. The molecule has 0 unspecified atom stereocenters. The summed E-state index contributed by atoms with van der Waals surface area (Å²) in [6.07, 6.45) is 5.07. The highest BCUT2D eigenvalue weighted by Crippen LogP contribution is 2.30. The van der Waals surface area contributed by atoms with E-state index >= 15 is 0 Å². The maximum atomic E-state index is 12.5. The normalized spacial score (nSPS) is 16.6. The molecule has 1 aromatic carbocycles. The van der Waals surface area contributed by atoms with Crippen molar-refractivity contribution in [3.8, 4) is 5.75 Å². The Morgan fingerprint density at radius 2 is 2.15 bits per heavy atom. The van der Waals surface area contributed by atoms with Crippen molar-refractivity contribution < 1.29 is 9.53 Å². The van der Waals surface area contributed by atoms with E-state index in [1.54, 1.807) is 12.0 Å². The van der Waals surface area contributed by atoms with Gasteiger partial charge in [-0.05, 0) is 37.1 Å². The summed E-state index contributed by atoms with van der Waals surface area (Å²) in [6.45, 7) is 5.37. The molecular weight excluding hydrogens is 328 g/mol. The number of ether oxygens (including phenoxy) is 1. The number of aryl methyl sites for hydroxylation is 1. The van der Waals surface area contributed by atoms with Gasteiger partial charge in [-0.25, -0.2) is 4.79 Å². The Kier molecular flexibility index (Phi) is 5.71. The van der Waals surface area contributed by atoms with Gasteiger partial charge in [0.1, 0.15) is 5.75 Å². The molecular formula is C20H28N4O2. The monoisotopic (exact) mass is 356 g/mol. The van der Waals surface area contributed by atoms with E-state index in [1.807, 2.05) is 31.4 Å². The molecule has 1 aromatic heterocycles. The molecule has 6 heteroatoms. The minimum absolute atomic E-state index is 0.0267. The van der Waals surface area contributed by atoms with Crippen LogP contribution >= 0.6 is 0 Å². The van der Waals surface area contributed by atoms with Crippen LogP contribution in [0.15, 0.2) is 42.7 Å². The first-order valence-electron chi connectivity index (χ1n) is 9.15. The van der Waals surface area contributed by atoms with E-state index in [-0.39, 0.29) is 12.1 Å². The Balaban J connectivity index is 1.53. The second kappa shape index (κ2) is 8.17. The average molecular weight is 356 g/mol. The third-order valence-corrected chi connectivity index (χ3v) is 4.89. The van der Waals surface area contributed by atoms with Gasteiger partial charge in [0.2, 0.25) is 0 Å². The van der Waals surface area contributed by atoms with Crippen LogP contribution in [0.2, 0.25) is 0 Å². The fraction of sp³-hybridized carbons (Fsp3) is 0.450. The SMILES string of the molecule is CCn1ccc(CN(C)C(=O)N[C@H]2CCN(c3ccccc3OC)C2)c1. The lowest BCUT2D eigenvalue weighted by Gasteiger charge is -2.23. The molecule has 0 bridgehead atoms. The Hall–Kier alpha value is -2.63. The third-order valence-electron chi connectivity index (χ3n) is 4.89. The second-order valence-corrected chi connectivity index (χ2v) is 6.76. The molecule has 2 heterocycles. The Bertz CT molecular complexity index is 743. The first-order chi connectivity index (χ1) is 12.6. The number of para-hydroxylation sites is 2. The molecule has 2 aromatic rings. The van der Waals surface area contributed by atoms with Crippen molar-refractivity contribution in [2.75, 3.05) is 32.1 Å². The summed E-state index contributed by atoms with van der Waals surface area (Å²) in [5.74, 6) is 0.872. The summed E-state index contributed by atoms with van der Waals surface area (Å²) in [4.78, 5) is 16.5. The fourth-order valence-corrected chi connectivity index (χ4v) is 3.40. The van der Waals surface area contributed by atoms with Gasteiger partial charge in [-0.1, -0.05) is 12.1 Å². The lowest BCUT2D eigenvalue weighted by atomic mass is 10.2. The molecule has 1 saturated heterocycles. The van der Waals surface area contributed by atoms with Crippen LogP contribution in [0.25, 0.3) is 0 Å². The average Bonchev–Trinajstić information content (AvgIpc) is 3.31. The summed E-state index contributed by atoms with van der Waals surface area (Å²) >= 11 is 0. The lowest BCUT2D eigenvalue weighted by Crippen LogP contribution is -2.43. The molecule has 26 heavy (non-hydrogen) atoms. The summed E-state index contributed by atoms with van der Waals surface area (Å²) in [6, 6.07) is 10.2. The van der Waals surface area contributed by atoms with E-state index < -0.39 is 0 Å². The van der Waals surface area contributed by atoms with Crippen LogP contribution in [0.5, 0.6) is 5.75 Å². The molecule has 1 fully saturated rings. The molecule has 1 aliphatic heterocycles. The zero-order valence-corrected chi connectivity index (χ0v) is 15.8. The number of aromatic nitrogens is 1. The van der Waals surface area contributed by atoms with Crippen molar-refractivity contribution >= 4 is 11.7 Å². The topological polar surface area (TPSA) is 49.7 Å². The molecule has 1 atom stereocenters. The quantitative estimate of drug-likeness (QED) is 0.866. The van der Waals surface area contributed by atoms with Crippen LogP contribution in [-0.4, -0.2) is 48.8 Å². The highest BCUT2D eigenvalue weighted by molar-refractivity contribution is 5.74. The summed E-state index contributed by atoms with van der Waals surface area (Å²) in [5, 5.41) is 3.15. The van der Waals surface area contributed by atoms with Crippen LogP contribution in [-0.2, 0) is 13.1 Å². The van der Waals surface area contributed by atoms with Gasteiger partial charge in [-0.2, -0.15) is 0 Å². The van der Waals surface area contributed by atoms with Crippen LogP contribution in [0, 0.1) is 0 Å².